The van der Waals surface area contributed by atoms with Gasteiger partial charge in [0.1, 0.15) is 6.04 Å². The van der Waals surface area contributed by atoms with Crippen molar-refractivity contribution in [3.63, 3.8) is 0 Å². The zero-order chi connectivity index (χ0) is 12.1. The number of rotatable bonds is 2. The summed E-state index contributed by atoms with van der Waals surface area (Å²) in [6.45, 7) is 0. The van der Waals surface area contributed by atoms with Gasteiger partial charge in [-0.15, -0.1) is 11.8 Å². The van der Waals surface area contributed by atoms with Crippen LogP contribution >= 0.6 is 11.8 Å². The van der Waals surface area contributed by atoms with Gasteiger partial charge in [-0.1, -0.05) is 19.3 Å². The fourth-order valence-corrected chi connectivity index (χ4v) is 3.31. The van der Waals surface area contributed by atoms with E-state index in [9.17, 15) is 4.79 Å². The number of nitrogens with zero attached hydrogens (tertiary/aromatic N) is 2. The van der Waals surface area contributed by atoms with Crippen LogP contribution in [0.1, 0.15) is 32.1 Å². The standard InChI is InChI=1S/C11H18N4OS/c12-6-10-7-17-8-15(10)11(16)14-13-9-4-2-1-3-5-9/h9-10,13H,1-5,7-8H2,(H,14,16). The molecule has 0 aromatic heterocycles. The molecule has 1 aliphatic carbocycles. The molecule has 2 amide bonds. The van der Waals surface area contributed by atoms with Crippen LogP contribution in [0.3, 0.4) is 0 Å². The minimum Gasteiger partial charge on any atom is -0.298 e. The predicted molar refractivity (Wildman–Crippen MR) is 67.1 cm³/mol. The number of urea groups is 1. The van der Waals surface area contributed by atoms with Crippen LogP contribution in [-0.2, 0) is 0 Å². The van der Waals surface area contributed by atoms with Gasteiger partial charge in [0.25, 0.3) is 0 Å². The zero-order valence-electron chi connectivity index (χ0n) is 9.82. The molecule has 0 radical (unpaired) electrons. The maximum Gasteiger partial charge on any atom is 0.333 e. The molecule has 94 valence electrons. The minimum atomic E-state index is -0.284. The molecular formula is C11H18N4OS. The van der Waals surface area contributed by atoms with Crippen molar-refractivity contribution in [2.75, 3.05) is 11.6 Å². The summed E-state index contributed by atoms with van der Waals surface area (Å²) in [5.41, 5.74) is 5.81. The smallest absolute Gasteiger partial charge is 0.298 e. The third-order valence-electron chi connectivity index (χ3n) is 3.28. The van der Waals surface area contributed by atoms with Gasteiger partial charge in [0.15, 0.2) is 0 Å². The molecule has 0 bridgehead atoms. The molecule has 2 aliphatic rings. The SMILES string of the molecule is N#CC1CSCN1C(=O)NNC1CCCCC1. The van der Waals surface area contributed by atoms with Crippen molar-refractivity contribution >= 4 is 17.8 Å². The average Bonchev–Trinajstić information content (AvgIpc) is 2.85. The number of carbonyl (C=O) groups is 1. The third-order valence-corrected chi connectivity index (χ3v) is 4.29. The van der Waals surface area contributed by atoms with Gasteiger partial charge in [-0.3, -0.25) is 10.3 Å². The van der Waals surface area contributed by atoms with Gasteiger partial charge in [-0.2, -0.15) is 5.26 Å². The molecule has 1 saturated heterocycles. The summed E-state index contributed by atoms with van der Waals surface area (Å²) in [4.78, 5) is 13.4. The second-order valence-electron chi connectivity index (χ2n) is 4.52. The summed E-state index contributed by atoms with van der Waals surface area (Å²) >= 11 is 1.62. The van der Waals surface area contributed by atoms with E-state index in [0.717, 1.165) is 12.8 Å². The molecule has 1 heterocycles. The Kier molecular flexibility index (Phi) is 4.51. The van der Waals surface area contributed by atoms with E-state index in [4.69, 9.17) is 5.26 Å². The normalized spacial score (nSPS) is 25.6. The highest BCUT2D eigenvalue weighted by Crippen LogP contribution is 2.20. The zero-order valence-corrected chi connectivity index (χ0v) is 10.6. The second-order valence-corrected chi connectivity index (χ2v) is 5.52. The highest BCUT2D eigenvalue weighted by atomic mass is 32.2. The van der Waals surface area contributed by atoms with E-state index in [2.05, 4.69) is 16.9 Å². The molecule has 1 aliphatic heterocycles. The highest BCUT2D eigenvalue weighted by Gasteiger charge is 2.29. The lowest BCUT2D eigenvalue weighted by molar-refractivity contribution is 0.193. The van der Waals surface area contributed by atoms with Gasteiger partial charge < -0.3 is 0 Å². The fourth-order valence-electron chi connectivity index (χ4n) is 2.23. The van der Waals surface area contributed by atoms with Crippen LogP contribution in [0.2, 0.25) is 0 Å². The molecule has 2 fully saturated rings. The first-order valence-electron chi connectivity index (χ1n) is 6.11. The number of nitrogens with one attached hydrogen (secondary N) is 2. The van der Waals surface area contributed by atoms with Gasteiger partial charge in [0.2, 0.25) is 0 Å². The van der Waals surface area contributed by atoms with Crippen LogP contribution in [0.4, 0.5) is 4.79 Å². The second kappa shape index (κ2) is 6.12. The lowest BCUT2D eigenvalue weighted by Crippen LogP contribution is -2.51. The molecule has 6 heteroatoms. The van der Waals surface area contributed by atoms with Crippen molar-refractivity contribution < 1.29 is 4.79 Å². The lowest BCUT2D eigenvalue weighted by Gasteiger charge is -2.25. The van der Waals surface area contributed by atoms with Crippen LogP contribution in [0, 0.1) is 11.3 Å². The van der Waals surface area contributed by atoms with Gasteiger partial charge in [0, 0.05) is 11.8 Å². The molecule has 0 aromatic carbocycles. The molecule has 2 N–H and O–H groups in total. The first kappa shape index (κ1) is 12.5. The number of hydrogen-bond acceptors (Lipinski definition) is 4. The molecule has 0 aromatic rings. The average molecular weight is 254 g/mol. The summed E-state index contributed by atoms with van der Waals surface area (Å²) in [5, 5.41) is 8.90. The number of hydrogen-bond donors (Lipinski definition) is 2. The molecule has 1 saturated carbocycles. The molecule has 0 spiro atoms. The van der Waals surface area contributed by atoms with Crippen molar-refractivity contribution in [2.24, 2.45) is 0 Å². The highest BCUT2D eigenvalue weighted by molar-refractivity contribution is 7.99. The maximum absolute atomic E-state index is 11.8. The van der Waals surface area contributed by atoms with E-state index >= 15 is 0 Å². The van der Waals surface area contributed by atoms with E-state index in [1.54, 1.807) is 16.7 Å². The van der Waals surface area contributed by atoms with Crippen LogP contribution in [0.25, 0.3) is 0 Å². The Morgan fingerprint density at radius 3 is 2.82 bits per heavy atom. The van der Waals surface area contributed by atoms with E-state index in [-0.39, 0.29) is 12.1 Å². The van der Waals surface area contributed by atoms with E-state index < -0.39 is 0 Å². The summed E-state index contributed by atoms with van der Waals surface area (Å²) < 4.78 is 0. The number of thioether (sulfide) groups is 1. The van der Waals surface area contributed by atoms with E-state index in [1.165, 1.54) is 19.3 Å². The maximum atomic E-state index is 11.8. The number of carbonyl (C=O) groups excluding carboxylic acids is 1. The Balaban J connectivity index is 1.75. The van der Waals surface area contributed by atoms with Crippen LogP contribution in [-0.4, -0.2) is 34.6 Å². The summed E-state index contributed by atoms with van der Waals surface area (Å²) in [6, 6.07) is 2.08. The molecule has 5 nitrogen and oxygen atoms in total. The van der Waals surface area contributed by atoms with Crippen LogP contribution in [0.15, 0.2) is 0 Å². The first-order valence-corrected chi connectivity index (χ1v) is 7.26. The Bertz CT molecular complexity index is 311. The predicted octanol–water partition coefficient (Wildman–Crippen LogP) is 1.43. The summed E-state index contributed by atoms with van der Waals surface area (Å²) in [7, 11) is 0. The quantitative estimate of drug-likeness (QED) is 0.732. The van der Waals surface area contributed by atoms with E-state index in [1.807, 2.05) is 0 Å². The van der Waals surface area contributed by atoms with Crippen molar-refractivity contribution in [2.45, 2.75) is 44.2 Å². The minimum absolute atomic E-state index is 0.174. The molecule has 2 rings (SSSR count). The van der Waals surface area contributed by atoms with Gasteiger partial charge in [-0.05, 0) is 12.8 Å². The van der Waals surface area contributed by atoms with Crippen molar-refractivity contribution in [1.29, 1.82) is 5.26 Å². The fraction of sp³-hybridized carbons (Fsp3) is 0.818. The number of hydrazine groups is 1. The molecule has 17 heavy (non-hydrogen) atoms. The Hall–Kier alpha value is -0.930. The van der Waals surface area contributed by atoms with Crippen molar-refractivity contribution in [1.82, 2.24) is 15.8 Å². The topological polar surface area (TPSA) is 68.2 Å². The lowest BCUT2D eigenvalue weighted by atomic mass is 9.96. The van der Waals surface area contributed by atoms with Gasteiger partial charge in [-0.25, -0.2) is 10.2 Å². The Labute approximate surface area is 106 Å². The van der Waals surface area contributed by atoms with Gasteiger partial charge >= 0.3 is 6.03 Å². The van der Waals surface area contributed by atoms with E-state index in [0.29, 0.717) is 17.7 Å². The summed E-state index contributed by atoms with van der Waals surface area (Å²) in [5.74, 6) is 1.32. The largest absolute Gasteiger partial charge is 0.333 e. The Morgan fingerprint density at radius 1 is 1.35 bits per heavy atom. The molecule has 1 unspecified atom stereocenters. The third kappa shape index (κ3) is 3.27. The summed E-state index contributed by atoms with van der Waals surface area (Å²) in [6.07, 6.45) is 6.00. The van der Waals surface area contributed by atoms with Crippen LogP contribution in [0.5, 0.6) is 0 Å². The van der Waals surface area contributed by atoms with Crippen molar-refractivity contribution in [3.8, 4) is 6.07 Å². The molecular weight excluding hydrogens is 236 g/mol. The van der Waals surface area contributed by atoms with Gasteiger partial charge in [0.05, 0.1) is 11.9 Å². The monoisotopic (exact) mass is 254 g/mol. The number of nitriles is 1. The Morgan fingerprint density at radius 2 is 2.12 bits per heavy atom. The number of amides is 2. The van der Waals surface area contributed by atoms with Crippen LogP contribution < -0.4 is 10.9 Å². The molecule has 1 atom stereocenters. The van der Waals surface area contributed by atoms with Crippen molar-refractivity contribution in [3.05, 3.63) is 0 Å². The first-order chi connectivity index (χ1) is 8.31.